The van der Waals surface area contributed by atoms with E-state index in [-0.39, 0.29) is 17.7 Å². The third-order valence-corrected chi connectivity index (χ3v) is 3.09. The Bertz CT molecular complexity index is 443. The standard InChI is InChI=1S/C12H14FNO3/c13-10-5-8(1-2-9(10)11(16)17)6-14-12(7-15)3-4-12/h1-2,5,14-15H,3-4,6-7H2,(H,16,17). The molecule has 0 radical (unpaired) electrons. The molecule has 3 N–H and O–H groups in total. The molecule has 0 aliphatic heterocycles. The van der Waals surface area contributed by atoms with Gasteiger partial charge in [0.15, 0.2) is 0 Å². The lowest BCUT2D eigenvalue weighted by molar-refractivity contribution is 0.0692. The molecule has 92 valence electrons. The molecular formula is C12H14FNO3. The van der Waals surface area contributed by atoms with E-state index in [2.05, 4.69) is 5.32 Å². The first-order chi connectivity index (χ1) is 8.06. The second kappa shape index (κ2) is 4.43. The van der Waals surface area contributed by atoms with Crippen LogP contribution in [0.4, 0.5) is 4.39 Å². The molecule has 0 spiro atoms. The first-order valence-electron chi connectivity index (χ1n) is 5.44. The second-order valence-corrected chi connectivity index (χ2v) is 4.41. The van der Waals surface area contributed by atoms with E-state index in [0.29, 0.717) is 12.1 Å². The average Bonchev–Trinajstić information content (AvgIpc) is 3.07. The Morgan fingerprint density at radius 1 is 1.47 bits per heavy atom. The maximum Gasteiger partial charge on any atom is 0.338 e. The van der Waals surface area contributed by atoms with Crippen LogP contribution in [0, 0.1) is 5.82 Å². The first-order valence-corrected chi connectivity index (χ1v) is 5.44. The average molecular weight is 239 g/mol. The molecule has 1 fully saturated rings. The van der Waals surface area contributed by atoms with Gasteiger partial charge in [0.1, 0.15) is 5.82 Å². The van der Waals surface area contributed by atoms with Crippen molar-refractivity contribution in [3.8, 4) is 0 Å². The lowest BCUT2D eigenvalue weighted by Crippen LogP contribution is -2.34. The molecule has 0 amide bonds. The summed E-state index contributed by atoms with van der Waals surface area (Å²) in [6.07, 6.45) is 1.83. The van der Waals surface area contributed by atoms with Crippen LogP contribution in [0.15, 0.2) is 18.2 Å². The van der Waals surface area contributed by atoms with Crippen LogP contribution in [-0.2, 0) is 6.54 Å². The van der Waals surface area contributed by atoms with Crippen LogP contribution >= 0.6 is 0 Å². The minimum atomic E-state index is -1.27. The van der Waals surface area contributed by atoms with Crippen molar-refractivity contribution in [3.63, 3.8) is 0 Å². The lowest BCUT2D eigenvalue weighted by atomic mass is 10.1. The number of aromatic carboxylic acids is 1. The van der Waals surface area contributed by atoms with Gasteiger partial charge in [0.25, 0.3) is 0 Å². The van der Waals surface area contributed by atoms with Gasteiger partial charge in [-0.15, -0.1) is 0 Å². The van der Waals surface area contributed by atoms with Gasteiger partial charge >= 0.3 is 5.97 Å². The number of nitrogens with one attached hydrogen (secondary N) is 1. The number of carboxylic acid groups (broad SMARTS) is 1. The fourth-order valence-electron chi connectivity index (χ4n) is 1.67. The van der Waals surface area contributed by atoms with E-state index in [9.17, 15) is 9.18 Å². The van der Waals surface area contributed by atoms with Crippen LogP contribution in [0.5, 0.6) is 0 Å². The van der Waals surface area contributed by atoms with Crippen molar-refractivity contribution in [1.82, 2.24) is 5.32 Å². The highest BCUT2D eigenvalue weighted by Crippen LogP contribution is 2.34. The van der Waals surface area contributed by atoms with Crippen molar-refractivity contribution in [2.24, 2.45) is 0 Å². The summed E-state index contributed by atoms with van der Waals surface area (Å²) in [5.74, 6) is -2.00. The third kappa shape index (κ3) is 2.62. The molecule has 1 aliphatic rings. The normalized spacial score (nSPS) is 16.8. The molecule has 0 saturated heterocycles. The van der Waals surface area contributed by atoms with E-state index in [1.54, 1.807) is 6.07 Å². The quantitative estimate of drug-likeness (QED) is 0.720. The summed E-state index contributed by atoms with van der Waals surface area (Å²) in [6, 6.07) is 4.05. The molecule has 1 aliphatic carbocycles. The number of carbonyl (C=O) groups is 1. The van der Waals surface area contributed by atoms with Crippen LogP contribution in [-0.4, -0.2) is 28.3 Å². The lowest BCUT2D eigenvalue weighted by Gasteiger charge is -2.14. The van der Waals surface area contributed by atoms with Gasteiger partial charge in [0.2, 0.25) is 0 Å². The smallest absolute Gasteiger partial charge is 0.338 e. The molecule has 1 saturated carbocycles. The zero-order valence-electron chi connectivity index (χ0n) is 9.24. The van der Waals surface area contributed by atoms with Gasteiger partial charge in [-0.25, -0.2) is 9.18 Å². The number of aliphatic hydroxyl groups is 1. The summed E-state index contributed by atoms with van der Waals surface area (Å²) >= 11 is 0. The predicted octanol–water partition coefficient (Wildman–Crippen LogP) is 1.14. The highest BCUT2D eigenvalue weighted by molar-refractivity contribution is 5.87. The van der Waals surface area contributed by atoms with Gasteiger partial charge in [0.05, 0.1) is 12.2 Å². The molecule has 0 unspecified atom stereocenters. The van der Waals surface area contributed by atoms with Crippen molar-refractivity contribution in [2.75, 3.05) is 6.61 Å². The largest absolute Gasteiger partial charge is 0.478 e. The molecule has 0 heterocycles. The fourth-order valence-corrected chi connectivity index (χ4v) is 1.67. The second-order valence-electron chi connectivity index (χ2n) is 4.41. The van der Waals surface area contributed by atoms with Gasteiger partial charge < -0.3 is 15.5 Å². The van der Waals surface area contributed by atoms with Gasteiger partial charge in [0, 0.05) is 12.1 Å². The van der Waals surface area contributed by atoms with Gasteiger partial charge in [-0.05, 0) is 30.5 Å². The van der Waals surface area contributed by atoms with Crippen molar-refractivity contribution < 1.29 is 19.4 Å². The summed E-state index contributed by atoms with van der Waals surface area (Å²) in [5, 5.41) is 20.9. The Kier molecular flexibility index (Phi) is 3.13. The molecule has 2 rings (SSSR count). The van der Waals surface area contributed by atoms with Gasteiger partial charge in [-0.1, -0.05) is 6.07 Å². The van der Waals surface area contributed by atoms with E-state index in [1.807, 2.05) is 0 Å². The van der Waals surface area contributed by atoms with E-state index < -0.39 is 11.8 Å². The molecule has 17 heavy (non-hydrogen) atoms. The number of halogens is 1. The number of hydrogen-bond donors (Lipinski definition) is 3. The summed E-state index contributed by atoms with van der Waals surface area (Å²) in [7, 11) is 0. The molecule has 0 bridgehead atoms. The van der Waals surface area contributed by atoms with Crippen molar-refractivity contribution >= 4 is 5.97 Å². The zero-order valence-corrected chi connectivity index (χ0v) is 9.24. The summed E-state index contributed by atoms with van der Waals surface area (Å²) in [6.45, 7) is 0.500. The Balaban J connectivity index is 2.03. The topological polar surface area (TPSA) is 69.6 Å². The van der Waals surface area contributed by atoms with Crippen molar-refractivity contribution in [1.29, 1.82) is 0 Å². The minimum absolute atomic E-state index is 0.0721. The maximum absolute atomic E-state index is 13.4. The molecular weight excluding hydrogens is 225 g/mol. The van der Waals surface area contributed by atoms with E-state index in [4.69, 9.17) is 10.2 Å². The molecule has 0 aromatic heterocycles. The Morgan fingerprint density at radius 3 is 2.65 bits per heavy atom. The Morgan fingerprint density at radius 2 is 2.18 bits per heavy atom. The maximum atomic E-state index is 13.4. The fraction of sp³-hybridized carbons (Fsp3) is 0.417. The van der Waals surface area contributed by atoms with Gasteiger partial charge in [-0.2, -0.15) is 0 Å². The van der Waals surface area contributed by atoms with E-state index in [1.165, 1.54) is 12.1 Å². The molecule has 5 heteroatoms. The van der Waals surface area contributed by atoms with Crippen LogP contribution in [0.1, 0.15) is 28.8 Å². The minimum Gasteiger partial charge on any atom is -0.478 e. The Hall–Kier alpha value is -1.46. The summed E-state index contributed by atoms with van der Waals surface area (Å²) < 4.78 is 13.4. The number of benzene rings is 1. The zero-order chi connectivity index (χ0) is 12.5. The van der Waals surface area contributed by atoms with Crippen LogP contribution in [0.2, 0.25) is 0 Å². The van der Waals surface area contributed by atoms with Crippen LogP contribution in [0.3, 0.4) is 0 Å². The summed E-state index contributed by atoms with van der Waals surface area (Å²) in [4.78, 5) is 10.6. The number of aliphatic hydroxyl groups excluding tert-OH is 1. The third-order valence-electron chi connectivity index (χ3n) is 3.09. The van der Waals surface area contributed by atoms with E-state index in [0.717, 1.165) is 12.8 Å². The van der Waals surface area contributed by atoms with Crippen molar-refractivity contribution in [2.45, 2.75) is 24.9 Å². The molecule has 1 aromatic carbocycles. The number of rotatable bonds is 5. The van der Waals surface area contributed by atoms with Crippen LogP contribution in [0.25, 0.3) is 0 Å². The van der Waals surface area contributed by atoms with Gasteiger partial charge in [-0.3, -0.25) is 0 Å². The van der Waals surface area contributed by atoms with Crippen LogP contribution < -0.4 is 5.32 Å². The van der Waals surface area contributed by atoms with Crippen molar-refractivity contribution in [3.05, 3.63) is 35.1 Å². The molecule has 1 aromatic rings. The SMILES string of the molecule is O=C(O)c1ccc(CNC2(CO)CC2)cc1F. The highest BCUT2D eigenvalue weighted by atomic mass is 19.1. The number of hydrogen-bond acceptors (Lipinski definition) is 3. The highest BCUT2D eigenvalue weighted by Gasteiger charge is 2.41. The monoisotopic (exact) mass is 239 g/mol. The molecule has 4 nitrogen and oxygen atoms in total. The Labute approximate surface area is 98.1 Å². The predicted molar refractivity (Wildman–Crippen MR) is 59.2 cm³/mol. The summed E-state index contributed by atoms with van der Waals surface area (Å²) in [5.41, 5.74) is 0.145. The first kappa shape index (κ1) is 12.0. The molecule has 0 atom stereocenters. The number of carboxylic acids is 1. The van der Waals surface area contributed by atoms with E-state index >= 15 is 0 Å².